The second-order valence-electron chi connectivity index (χ2n) is 6.76. The van der Waals surface area contributed by atoms with Gasteiger partial charge in [0.15, 0.2) is 0 Å². The van der Waals surface area contributed by atoms with Gasteiger partial charge in [0.25, 0.3) is 5.91 Å². The first kappa shape index (κ1) is 19.1. The van der Waals surface area contributed by atoms with E-state index >= 15 is 0 Å². The number of nitrogens with zero attached hydrogens (tertiary/aromatic N) is 2. The van der Waals surface area contributed by atoms with Crippen LogP contribution in [0.5, 0.6) is 0 Å². The zero-order chi connectivity index (χ0) is 19.4. The van der Waals surface area contributed by atoms with Crippen molar-refractivity contribution in [2.45, 2.75) is 27.3 Å². The number of rotatable bonds is 7. The van der Waals surface area contributed by atoms with Crippen LogP contribution >= 0.6 is 11.3 Å². The lowest BCUT2D eigenvalue weighted by molar-refractivity contribution is -0.123. The third kappa shape index (κ3) is 4.54. The molecule has 0 unspecified atom stereocenters. The summed E-state index contributed by atoms with van der Waals surface area (Å²) in [6.45, 7) is 7.14. The van der Waals surface area contributed by atoms with Crippen molar-refractivity contribution < 1.29 is 9.59 Å². The van der Waals surface area contributed by atoms with Crippen molar-refractivity contribution in [2.75, 3.05) is 13.1 Å². The van der Waals surface area contributed by atoms with Gasteiger partial charge >= 0.3 is 0 Å². The molecule has 142 valence electrons. The number of aromatic nitrogens is 2. The highest BCUT2D eigenvalue weighted by atomic mass is 32.1. The minimum absolute atomic E-state index is 0.0114. The Labute approximate surface area is 162 Å². The van der Waals surface area contributed by atoms with E-state index in [9.17, 15) is 9.59 Å². The monoisotopic (exact) mass is 384 g/mol. The van der Waals surface area contributed by atoms with E-state index < -0.39 is 0 Å². The van der Waals surface area contributed by atoms with Crippen molar-refractivity contribution in [3.05, 3.63) is 52.5 Å². The number of benzene rings is 1. The molecule has 1 aromatic carbocycles. The molecule has 0 aliphatic rings. The zero-order valence-corrected chi connectivity index (χ0v) is 16.6. The number of fused-ring (bicyclic) bond motifs is 1. The van der Waals surface area contributed by atoms with Gasteiger partial charge in [0.1, 0.15) is 4.83 Å². The largest absolute Gasteiger partial charge is 0.354 e. The maximum absolute atomic E-state index is 12.4. The number of thiophene rings is 1. The van der Waals surface area contributed by atoms with E-state index in [2.05, 4.69) is 27.9 Å². The summed E-state index contributed by atoms with van der Waals surface area (Å²) in [6.07, 6.45) is 0. The summed E-state index contributed by atoms with van der Waals surface area (Å²) in [5.74, 6) is -0.192. The minimum atomic E-state index is -0.124. The van der Waals surface area contributed by atoms with Gasteiger partial charge in [0.2, 0.25) is 5.91 Å². The third-order valence-electron chi connectivity index (χ3n) is 4.24. The lowest BCUT2D eigenvalue weighted by Crippen LogP contribution is -2.36. The highest BCUT2D eigenvalue weighted by Crippen LogP contribution is 2.28. The number of aryl methyl sites for hydroxylation is 1. The number of nitrogens with one attached hydrogen (secondary N) is 2. The van der Waals surface area contributed by atoms with Gasteiger partial charge in [0.05, 0.1) is 17.1 Å². The molecule has 2 N–H and O–H groups in total. The molecule has 0 bridgehead atoms. The first-order valence-electron chi connectivity index (χ1n) is 9.02. The van der Waals surface area contributed by atoms with Crippen LogP contribution in [0.4, 0.5) is 0 Å². The molecule has 27 heavy (non-hydrogen) atoms. The molecule has 0 aliphatic carbocycles. The molecule has 0 saturated carbocycles. The molecule has 0 spiro atoms. The maximum Gasteiger partial charge on any atom is 0.261 e. The Balaban J connectivity index is 1.66. The van der Waals surface area contributed by atoms with Crippen LogP contribution in [0.25, 0.3) is 10.2 Å². The van der Waals surface area contributed by atoms with E-state index in [0.29, 0.717) is 24.5 Å². The van der Waals surface area contributed by atoms with Crippen molar-refractivity contribution >= 4 is 33.4 Å². The molecular weight excluding hydrogens is 360 g/mol. The molecule has 2 aromatic heterocycles. The van der Waals surface area contributed by atoms with Gasteiger partial charge in [-0.05, 0) is 18.6 Å². The van der Waals surface area contributed by atoms with Gasteiger partial charge in [-0.1, -0.05) is 44.2 Å². The van der Waals surface area contributed by atoms with E-state index in [4.69, 9.17) is 0 Å². The van der Waals surface area contributed by atoms with Crippen molar-refractivity contribution in [3.63, 3.8) is 0 Å². The van der Waals surface area contributed by atoms with Gasteiger partial charge in [-0.2, -0.15) is 5.10 Å². The van der Waals surface area contributed by atoms with Gasteiger partial charge in [0, 0.05) is 24.4 Å². The normalized spacial score (nSPS) is 11.1. The summed E-state index contributed by atoms with van der Waals surface area (Å²) in [5.41, 5.74) is 2.09. The molecule has 3 aromatic rings. The molecule has 0 fully saturated rings. The summed E-state index contributed by atoms with van der Waals surface area (Å²) < 4.78 is 1.95. The number of amides is 2. The highest BCUT2D eigenvalue weighted by Gasteiger charge is 2.16. The lowest BCUT2D eigenvalue weighted by Gasteiger charge is -2.08. The van der Waals surface area contributed by atoms with Gasteiger partial charge in [-0.25, -0.2) is 0 Å². The SMILES string of the molecule is Cc1nn(Cc2ccccc2)c2sc(C(=O)NCCNC(=O)C(C)C)cc12. The Bertz CT molecular complexity index is 944. The number of hydrogen-bond donors (Lipinski definition) is 2. The van der Waals surface area contributed by atoms with Crippen LogP contribution in [0.2, 0.25) is 0 Å². The Hall–Kier alpha value is -2.67. The second-order valence-corrected chi connectivity index (χ2v) is 7.79. The molecule has 0 radical (unpaired) electrons. The fourth-order valence-corrected chi connectivity index (χ4v) is 3.82. The molecule has 3 rings (SSSR count). The maximum atomic E-state index is 12.4. The zero-order valence-electron chi connectivity index (χ0n) is 15.8. The van der Waals surface area contributed by atoms with Crippen LogP contribution in [0.1, 0.15) is 34.8 Å². The standard InChI is InChI=1S/C20H24N4O2S/c1-13(2)18(25)21-9-10-22-19(26)17-11-16-14(3)23-24(20(16)27-17)12-15-7-5-4-6-8-15/h4-8,11,13H,9-10,12H2,1-3H3,(H,21,25)(H,22,26). The molecule has 0 atom stereocenters. The van der Waals surface area contributed by atoms with Crippen molar-refractivity contribution in [1.29, 1.82) is 0 Å². The lowest BCUT2D eigenvalue weighted by atomic mass is 10.2. The summed E-state index contributed by atoms with van der Waals surface area (Å²) in [4.78, 5) is 25.6. The molecule has 7 heteroatoms. The smallest absolute Gasteiger partial charge is 0.261 e. The van der Waals surface area contributed by atoms with Crippen molar-refractivity contribution in [2.24, 2.45) is 5.92 Å². The van der Waals surface area contributed by atoms with Gasteiger partial charge in [-0.3, -0.25) is 14.3 Å². The summed E-state index contributed by atoms with van der Waals surface area (Å²) >= 11 is 1.44. The average Bonchev–Trinajstić information content (AvgIpc) is 3.21. The van der Waals surface area contributed by atoms with Crippen LogP contribution in [-0.2, 0) is 11.3 Å². The predicted molar refractivity (Wildman–Crippen MR) is 108 cm³/mol. The molecule has 0 aliphatic heterocycles. The predicted octanol–water partition coefficient (Wildman–Crippen LogP) is 2.96. The molecule has 2 heterocycles. The molecule has 0 saturated heterocycles. The van der Waals surface area contributed by atoms with E-state index in [1.807, 2.05) is 49.7 Å². The minimum Gasteiger partial charge on any atom is -0.354 e. The number of hydrogen-bond acceptors (Lipinski definition) is 4. The second kappa shape index (κ2) is 8.35. The Kier molecular flexibility index (Phi) is 5.91. The van der Waals surface area contributed by atoms with Crippen LogP contribution in [0.3, 0.4) is 0 Å². The summed E-state index contributed by atoms with van der Waals surface area (Å²) in [5, 5.41) is 11.3. The van der Waals surface area contributed by atoms with Crippen LogP contribution in [0.15, 0.2) is 36.4 Å². The van der Waals surface area contributed by atoms with E-state index in [1.165, 1.54) is 16.9 Å². The topological polar surface area (TPSA) is 76.0 Å². The molecule has 6 nitrogen and oxygen atoms in total. The van der Waals surface area contributed by atoms with Crippen molar-refractivity contribution in [1.82, 2.24) is 20.4 Å². The highest BCUT2D eigenvalue weighted by molar-refractivity contribution is 7.20. The Morgan fingerprint density at radius 3 is 2.56 bits per heavy atom. The van der Waals surface area contributed by atoms with Crippen LogP contribution < -0.4 is 10.6 Å². The average molecular weight is 385 g/mol. The third-order valence-corrected chi connectivity index (χ3v) is 5.39. The Morgan fingerprint density at radius 1 is 1.15 bits per heavy atom. The quantitative estimate of drug-likeness (QED) is 0.615. The van der Waals surface area contributed by atoms with Crippen LogP contribution in [0, 0.1) is 12.8 Å². The first-order valence-corrected chi connectivity index (χ1v) is 9.84. The fraction of sp³-hybridized carbons (Fsp3) is 0.350. The van der Waals surface area contributed by atoms with Gasteiger partial charge in [-0.15, -0.1) is 11.3 Å². The van der Waals surface area contributed by atoms with Crippen LogP contribution in [-0.4, -0.2) is 34.7 Å². The fourth-order valence-electron chi connectivity index (χ4n) is 2.74. The molecular formula is C20H24N4O2S. The molecule has 2 amide bonds. The van der Waals surface area contributed by atoms with E-state index in [1.54, 1.807) is 0 Å². The van der Waals surface area contributed by atoms with E-state index in [0.717, 1.165) is 15.9 Å². The Morgan fingerprint density at radius 2 is 1.85 bits per heavy atom. The first-order chi connectivity index (χ1) is 13.0. The number of carbonyl (C=O) groups excluding carboxylic acids is 2. The summed E-state index contributed by atoms with van der Waals surface area (Å²) in [6, 6.07) is 12.0. The summed E-state index contributed by atoms with van der Waals surface area (Å²) in [7, 11) is 0. The number of carbonyl (C=O) groups is 2. The van der Waals surface area contributed by atoms with E-state index in [-0.39, 0.29) is 17.7 Å². The van der Waals surface area contributed by atoms with Gasteiger partial charge < -0.3 is 10.6 Å². The van der Waals surface area contributed by atoms with Crippen molar-refractivity contribution in [3.8, 4) is 0 Å².